The van der Waals surface area contributed by atoms with Crippen LogP contribution in [0.4, 0.5) is 0 Å². The Morgan fingerprint density at radius 3 is 2.59 bits per heavy atom. The zero-order valence-corrected chi connectivity index (χ0v) is 10.7. The molecular weight excluding hydrogens is 208 g/mol. The first kappa shape index (κ1) is 12.3. The second-order valence-corrected chi connectivity index (χ2v) is 5.23. The van der Waals surface area contributed by atoms with Crippen LogP contribution in [0.1, 0.15) is 49.7 Å². The van der Waals surface area contributed by atoms with Gasteiger partial charge < -0.3 is 0 Å². The molecule has 0 N–H and O–H groups in total. The maximum atomic E-state index is 12.1. The quantitative estimate of drug-likeness (QED) is 0.761. The largest absolute Gasteiger partial charge is 0.299 e. The number of benzene rings is 1. The summed E-state index contributed by atoms with van der Waals surface area (Å²) in [6, 6.07) is 8.39. The molecule has 0 saturated heterocycles. The maximum absolute atomic E-state index is 12.1. The number of hydrogen-bond donors (Lipinski definition) is 0. The fourth-order valence-electron chi connectivity index (χ4n) is 2.78. The lowest BCUT2D eigenvalue weighted by atomic mass is 9.84. The standard InChI is InChI=1S/C16H22O/c1-13-7-5-6-8-14(13)11-12-16(17)15-9-3-2-4-10-15/h5-8,15H,2-4,9-12H2,1H3. The third-order valence-corrected chi connectivity index (χ3v) is 3.96. The Hall–Kier alpha value is -1.11. The van der Waals surface area contributed by atoms with Crippen molar-refractivity contribution < 1.29 is 4.79 Å². The van der Waals surface area contributed by atoms with Crippen molar-refractivity contribution in [3.05, 3.63) is 35.4 Å². The van der Waals surface area contributed by atoms with Crippen LogP contribution in [0.5, 0.6) is 0 Å². The second-order valence-electron chi connectivity index (χ2n) is 5.23. The van der Waals surface area contributed by atoms with E-state index in [4.69, 9.17) is 0 Å². The predicted molar refractivity (Wildman–Crippen MR) is 71.1 cm³/mol. The minimum absolute atomic E-state index is 0.368. The number of carbonyl (C=O) groups is 1. The highest BCUT2D eigenvalue weighted by atomic mass is 16.1. The fraction of sp³-hybridized carbons (Fsp3) is 0.562. The summed E-state index contributed by atoms with van der Waals surface area (Å²) in [4.78, 5) is 12.1. The second kappa shape index (κ2) is 6.00. The van der Waals surface area contributed by atoms with Crippen LogP contribution < -0.4 is 0 Å². The van der Waals surface area contributed by atoms with Crippen molar-refractivity contribution in [3.8, 4) is 0 Å². The van der Waals surface area contributed by atoms with Crippen molar-refractivity contribution in [2.75, 3.05) is 0 Å². The number of rotatable bonds is 4. The molecule has 0 aliphatic heterocycles. The Labute approximate surface area is 104 Å². The summed E-state index contributed by atoms with van der Waals surface area (Å²) in [5, 5.41) is 0. The van der Waals surface area contributed by atoms with Crippen molar-refractivity contribution >= 4 is 5.78 Å². The van der Waals surface area contributed by atoms with E-state index in [2.05, 4.69) is 31.2 Å². The van der Waals surface area contributed by atoms with E-state index in [1.165, 1.54) is 30.4 Å². The van der Waals surface area contributed by atoms with E-state index in [0.29, 0.717) is 11.7 Å². The highest BCUT2D eigenvalue weighted by Gasteiger charge is 2.20. The SMILES string of the molecule is Cc1ccccc1CCC(=O)C1CCCCC1. The molecule has 0 atom stereocenters. The van der Waals surface area contributed by atoms with Gasteiger partial charge in [0.05, 0.1) is 0 Å². The molecule has 0 spiro atoms. The van der Waals surface area contributed by atoms with Gasteiger partial charge in [0.25, 0.3) is 0 Å². The molecule has 0 radical (unpaired) electrons. The molecule has 1 aromatic carbocycles. The summed E-state index contributed by atoms with van der Waals surface area (Å²) in [6.45, 7) is 2.13. The summed E-state index contributed by atoms with van der Waals surface area (Å²) in [5.41, 5.74) is 2.64. The van der Waals surface area contributed by atoms with Crippen molar-refractivity contribution in [2.24, 2.45) is 5.92 Å². The van der Waals surface area contributed by atoms with Gasteiger partial charge in [0.2, 0.25) is 0 Å². The Bertz CT molecular complexity index is 375. The molecule has 0 aromatic heterocycles. The van der Waals surface area contributed by atoms with E-state index in [0.717, 1.165) is 25.7 Å². The monoisotopic (exact) mass is 230 g/mol. The van der Waals surface area contributed by atoms with Gasteiger partial charge in [0.1, 0.15) is 5.78 Å². The highest BCUT2D eigenvalue weighted by molar-refractivity contribution is 5.81. The average Bonchev–Trinajstić information content (AvgIpc) is 2.38. The number of hydrogen-bond acceptors (Lipinski definition) is 1. The van der Waals surface area contributed by atoms with Gasteiger partial charge in [0.15, 0.2) is 0 Å². The molecule has 1 aromatic rings. The molecule has 0 amide bonds. The third-order valence-electron chi connectivity index (χ3n) is 3.96. The number of carbonyl (C=O) groups excluding carboxylic acids is 1. The lowest BCUT2D eigenvalue weighted by molar-refractivity contribution is -0.123. The summed E-state index contributed by atoms with van der Waals surface area (Å²) in [7, 11) is 0. The number of ketones is 1. The topological polar surface area (TPSA) is 17.1 Å². The van der Waals surface area contributed by atoms with Crippen LogP contribution in [0.3, 0.4) is 0 Å². The molecule has 1 fully saturated rings. The minimum atomic E-state index is 0.368. The molecule has 1 aliphatic rings. The molecule has 1 nitrogen and oxygen atoms in total. The Kier molecular flexibility index (Phi) is 4.36. The Morgan fingerprint density at radius 2 is 1.88 bits per heavy atom. The fourth-order valence-corrected chi connectivity index (χ4v) is 2.78. The molecule has 0 bridgehead atoms. The van der Waals surface area contributed by atoms with E-state index in [1.54, 1.807) is 0 Å². The van der Waals surface area contributed by atoms with E-state index < -0.39 is 0 Å². The lowest BCUT2D eigenvalue weighted by Crippen LogP contribution is -2.18. The highest BCUT2D eigenvalue weighted by Crippen LogP contribution is 2.25. The van der Waals surface area contributed by atoms with Crippen LogP contribution in [-0.2, 0) is 11.2 Å². The van der Waals surface area contributed by atoms with E-state index in [1.807, 2.05) is 0 Å². The van der Waals surface area contributed by atoms with Crippen molar-refractivity contribution in [3.63, 3.8) is 0 Å². The third kappa shape index (κ3) is 3.42. The summed E-state index contributed by atoms with van der Waals surface area (Å²) < 4.78 is 0. The molecular formula is C16H22O. The smallest absolute Gasteiger partial charge is 0.136 e. The minimum Gasteiger partial charge on any atom is -0.299 e. The van der Waals surface area contributed by atoms with Gasteiger partial charge in [-0.05, 0) is 37.3 Å². The van der Waals surface area contributed by atoms with Gasteiger partial charge in [-0.2, -0.15) is 0 Å². The van der Waals surface area contributed by atoms with Gasteiger partial charge in [-0.3, -0.25) is 4.79 Å². The molecule has 17 heavy (non-hydrogen) atoms. The molecule has 1 heteroatoms. The first-order valence-electron chi connectivity index (χ1n) is 6.84. The Balaban J connectivity index is 1.85. The first-order chi connectivity index (χ1) is 8.27. The molecule has 92 valence electrons. The molecule has 1 aliphatic carbocycles. The van der Waals surface area contributed by atoms with Crippen LogP contribution in [-0.4, -0.2) is 5.78 Å². The van der Waals surface area contributed by atoms with Crippen LogP contribution in [0.2, 0.25) is 0 Å². The van der Waals surface area contributed by atoms with Gasteiger partial charge in [0, 0.05) is 12.3 Å². The summed E-state index contributed by atoms with van der Waals surface area (Å²) in [6.07, 6.45) is 7.74. The lowest BCUT2D eigenvalue weighted by Gasteiger charge is -2.20. The molecule has 0 heterocycles. The predicted octanol–water partition coefficient (Wildman–Crippen LogP) is 4.08. The summed E-state index contributed by atoms with van der Waals surface area (Å²) in [5.74, 6) is 0.862. The normalized spacial score (nSPS) is 17.0. The van der Waals surface area contributed by atoms with Crippen LogP contribution in [0, 0.1) is 12.8 Å². The van der Waals surface area contributed by atoms with Gasteiger partial charge in [-0.25, -0.2) is 0 Å². The van der Waals surface area contributed by atoms with Gasteiger partial charge in [-0.1, -0.05) is 43.5 Å². The van der Waals surface area contributed by atoms with Crippen LogP contribution in [0.25, 0.3) is 0 Å². The van der Waals surface area contributed by atoms with Crippen molar-refractivity contribution in [1.29, 1.82) is 0 Å². The average molecular weight is 230 g/mol. The zero-order valence-electron chi connectivity index (χ0n) is 10.7. The first-order valence-corrected chi connectivity index (χ1v) is 6.84. The van der Waals surface area contributed by atoms with E-state index in [-0.39, 0.29) is 0 Å². The van der Waals surface area contributed by atoms with Crippen molar-refractivity contribution in [2.45, 2.75) is 51.9 Å². The molecule has 0 unspecified atom stereocenters. The van der Waals surface area contributed by atoms with Crippen LogP contribution >= 0.6 is 0 Å². The zero-order chi connectivity index (χ0) is 12.1. The van der Waals surface area contributed by atoms with E-state index in [9.17, 15) is 4.79 Å². The summed E-state index contributed by atoms with van der Waals surface area (Å²) >= 11 is 0. The van der Waals surface area contributed by atoms with Gasteiger partial charge in [-0.15, -0.1) is 0 Å². The van der Waals surface area contributed by atoms with Crippen LogP contribution in [0.15, 0.2) is 24.3 Å². The van der Waals surface area contributed by atoms with E-state index >= 15 is 0 Å². The number of Topliss-reactive ketones (excluding diaryl/α,β-unsaturated/α-hetero) is 1. The van der Waals surface area contributed by atoms with Gasteiger partial charge >= 0.3 is 0 Å². The Morgan fingerprint density at radius 1 is 1.18 bits per heavy atom. The molecule has 2 rings (SSSR count). The maximum Gasteiger partial charge on any atom is 0.136 e. The van der Waals surface area contributed by atoms with Crippen molar-refractivity contribution in [1.82, 2.24) is 0 Å². The molecule has 1 saturated carbocycles. The number of aryl methyl sites for hydroxylation is 2.